The first kappa shape index (κ1) is 14.5. The van der Waals surface area contributed by atoms with Crippen molar-refractivity contribution in [3.05, 3.63) is 65.0 Å². The molecule has 0 heterocycles. The van der Waals surface area contributed by atoms with Gasteiger partial charge in [-0.3, -0.25) is 11.3 Å². The topological polar surface area (TPSA) is 47.3 Å². The van der Waals surface area contributed by atoms with E-state index in [-0.39, 0.29) is 17.6 Å². The Kier molecular flexibility index (Phi) is 4.71. The quantitative estimate of drug-likeness (QED) is 0.651. The van der Waals surface area contributed by atoms with Crippen molar-refractivity contribution in [3.63, 3.8) is 0 Å². The number of nitrogens with one attached hydrogen (secondary N) is 1. The van der Waals surface area contributed by atoms with Gasteiger partial charge in [-0.25, -0.2) is 4.39 Å². The minimum Gasteiger partial charge on any atom is -0.494 e. The Morgan fingerprint density at radius 3 is 2.60 bits per heavy atom. The van der Waals surface area contributed by atoms with Crippen LogP contribution in [0.15, 0.2) is 42.5 Å². The van der Waals surface area contributed by atoms with Crippen molar-refractivity contribution in [2.45, 2.75) is 19.4 Å². The molecule has 3 N–H and O–H groups in total. The van der Waals surface area contributed by atoms with Gasteiger partial charge in [-0.15, -0.1) is 0 Å². The first-order chi connectivity index (χ1) is 9.65. The predicted molar refractivity (Wildman–Crippen MR) is 77.9 cm³/mol. The second-order valence-electron chi connectivity index (χ2n) is 4.75. The Morgan fingerprint density at radius 2 is 2.00 bits per heavy atom. The number of halogens is 1. The highest BCUT2D eigenvalue weighted by atomic mass is 19.1. The van der Waals surface area contributed by atoms with Crippen LogP contribution in [-0.4, -0.2) is 7.11 Å². The van der Waals surface area contributed by atoms with Crippen molar-refractivity contribution < 1.29 is 9.13 Å². The second-order valence-corrected chi connectivity index (χ2v) is 4.75. The van der Waals surface area contributed by atoms with E-state index in [9.17, 15) is 4.39 Å². The van der Waals surface area contributed by atoms with Crippen LogP contribution in [-0.2, 0) is 6.42 Å². The summed E-state index contributed by atoms with van der Waals surface area (Å²) in [7, 11) is 1.45. The van der Waals surface area contributed by atoms with Crippen molar-refractivity contribution in [1.29, 1.82) is 0 Å². The summed E-state index contributed by atoms with van der Waals surface area (Å²) >= 11 is 0. The normalized spacial score (nSPS) is 12.2. The van der Waals surface area contributed by atoms with Gasteiger partial charge in [0, 0.05) is 0 Å². The standard InChI is InChI=1S/C16H19FN2O/c1-11-5-3-4-6-13(11)15(19-18)10-12-7-8-16(20-2)14(17)9-12/h3-9,15,19H,10,18H2,1-2H3. The Bertz CT molecular complexity index is 586. The lowest BCUT2D eigenvalue weighted by Gasteiger charge is -2.19. The van der Waals surface area contributed by atoms with Gasteiger partial charge in [0.25, 0.3) is 0 Å². The molecule has 3 nitrogen and oxygen atoms in total. The molecule has 0 aliphatic carbocycles. The average molecular weight is 274 g/mol. The summed E-state index contributed by atoms with van der Waals surface area (Å²) in [5.74, 6) is 5.54. The summed E-state index contributed by atoms with van der Waals surface area (Å²) in [5.41, 5.74) is 5.95. The smallest absolute Gasteiger partial charge is 0.165 e. The van der Waals surface area contributed by atoms with E-state index >= 15 is 0 Å². The van der Waals surface area contributed by atoms with E-state index in [0.29, 0.717) is 6.42 Å². The molecule has 0 saturated heterocycles. The molecule has 2 rings (SSSR count). The molecule has 1 unspecified atom stereocenters. The van der Waals surface area contributed by atoms with Crippen LogP contribution in [0.5, 0.6) is 5.75 Å². The Morgan fingerprint density at radius 1 is 1.25 bits per heavy atom. The summed E-state index contributed by atoms with van der Waals surface area (Å²) in [6.07, 6.45) is 0.613. The number of hydrogen-bond acceptors (Lipinski definition) is 3. The van der Waals surface area contributed by atoms with Gasteiger partial charge in [0.2, 0.25) is 0 Å². The fourth-order valence-electron chi connectivity index (χ4n) is 2.31. The van der Waals surface area contributed by atoms with E-state index in [0.717, 1.165) is 16.7 Å². The highest BCUT2D eigenvalue weighted by molar-refractivity contribution is 5.33. The number of methoxy groups -OCH3 is 1. The number of nitrogens with two attached hydrogens (primary N) is 1. The zero-order chi connectivity index (χ0) is 14.5. The van der Waals surface area contributed by atoms with Crippen LogP contribution in [0.3, 0.4) is 0 Å². The number of ether oxygens (including phenoxy) is 1. The lowest BCUT2D eigenvalue weighted by atomic mass is 9.96. The third kappa shape index (κ3) is 3.15. The second kappa shape index (κ2) is 6.50. The summed E-state index contributed by atoms with van der Waals surface area (Å²) in [6, 6.07) is 12.9. The molecule has 1 atom stereocenters. The fourth-order valence-corrected chi connectivity index (χ4v) is 2.31. The number of rotatable bonds is 5. The van der Waals surface area contributed by atoms with Crippen LogP contribution in [0.25, 0.3) is 0 Å². The molecule has 0 saturated carbocycles. The molecule has 0 aromatic heterocycles. The zero-order valence-corrected chi connectivity index (χ0v) is 11.7. The SMILES string of the molecule is COc1ccc(CC(NN)c2ccccc2C)cc1F. The molecule has 106 valence electrons. The molecule has 0 aliphatic heterocycles. The largest absolute Gasteiger partial charge is 0.494 e. The maximum absolute atomic E-state index is 13.7. The summed E-state index contributed by atoms with van der Waals surface area (Å²) in [6.45, 7) is 2.04. The van der Waals surface area contributed by atoms with Crippen LogP contribution in [0.1, 0.15) is 22.7 Å². The third-order valence-corrected chi connectivity index (χ3v) is 3.42. The molecule has 0 aliphatic rings. The monoisotopic (exact) mass is 274 g/mol. The lowest BCUT2D eigenvalue weighted by Crippen LogP contribution is -2.30. The van der Waals surface area contributed by atoms with Crippen molar-refractivity contribution in [1.82, 2.24) is 5.43 Å². The van der Waals surface area contributed by atoms with Gasteiger partial charge < -0.3 is 4.74 Å². The zero-order valence-electron chi connectivity index (χ0n) is 11.7. The van der Waals surface area contributed by atoms with Gasteiger partial charge in [0.15, 0.2) is 11.6 Å². The molecule has 0 bridgehead atoms. The average Bonchev–Trinajstić information content (AvgIpc) is 2.46. The molecular formula is C16H19FN2O. The molecule has 2 aromatic carbocycles. The Hall–Kier alpha value is -1.91. The summed E-state index contributed by atoms with van der Waals surface area (Å²) in [5, 5.41) is 0. The molecule has 0 fully saturated rings. The number of aryl methyl sites for hydroxylation is 1. The molecule has 0 spiro atoms. The van der Waals surface area contributed by atoms with Crippen LogP contribution in [0.2, 0.25) is 0 Å². The van der Waals surface area contributed by atoms with Gasteiger partial charge in [-0.1, -0.05) is 30.3 Å². The van der Waals surface area contributed by atoms with E-state index in [1.165, 1.54) is 13.2 Å². The van der Waals surface area contributed by atoms with E-state index in [1.807, 2.05) is 37.3 Å². The molecule has 20 heavy (non-hydrogen) atoms. The molecule has 0 radical (unpaired) electrons. The van der Waals surface area contributed by atoms with E-state index in [4.69, 9.17) is 10.6 Å². The van der Waals surface area contributed by atoms with Crippen LogP contribution < -0.4 is 16.0 Å². The van der Waals surface area contributed by atoms with Crippen molar-refractivity contribution >= 4 is 0 Å². The van der Waals surface area contributed by atoms with Crippen molar-refractivity contribution in [2.24, 2.45) is 5.84 Å². The fraction of sp³-hybridized carbons (Fsp3) is 0.250. The first-order valence-corrected chi connectivity index (χ1v) is 6.49. The lowest BCUT2D eigenvalue weighted by molar-refractivity contribution is 0.386. The molecule has 0 amide bonds. The van der Waals surface area contributed by atoms with Crippen LogP contribution in [0.4, 0.5) is 4.39 Å². The third-order valence-electron chi connectivity index (χ3n) is 3.42. The predicted octanol–water partition coefficient (Wildman–Crippen LogP) is 2.89. The Labute approximate surface area is 118 Å². The van der Waals surface area contributed by atoms with Crippen LogP contribution >= 0.6 is 0 Å². The summed E-state index contributed by atoms with van der Waals surface area (Å²) < 4.78 is 18.6. The summed E-state index contributed by atoms with van der Waals surface area (Å²) in [4.78, 5) is 0. The number of hydrazine groups is 1. The van der Waals surface area contributed by atoms with Gasteiger partial charge in [-0.2, -0.15) is 0 Å². The van der Waals surface area contributed by atoms with Gasteiger partial charge in [-0.05, 0) is 42.2 Å². The van der Waals surface area contributed by atoms with Gasteiger partial charge >= 0.3 is 0 Å². The molecule has 4 heteroatoms. The minimum absolute atomic E-state index is 0.0519. The van der Waals surface area contributed by atoms with Crippen molar-refractivity contribution in [3.8, 4) is 5.75 Å². The van der Waals surface area contributed by atoms with Gasteiger partial charge in [0.1, 0.15) is 0 Å². The van der Waals surface area contributed by atoms with Gasteiger partial charge in [0.05, 0.1) is 13.2 Å². The minimum atomic E-state index is -0.356. The highest BCUT2D eigenvalue weighted by Gasteiger charge is 2.13. The molecule has 2 aromatic rings. The number of hydrogen-bond donors (Lipinski definition) is 2. The van der Waals surface area contributed by atoms with E-state index < -0.39 is 0 Å². The maximum atomic E-state index is 13.7. The van der Waals surface area contributed by atoms with Crippen molar-refractivity contribution in [2.75, 3.05) is 7.11 Å². The van der Waals surface area contributed by atoms with E-state index in [1.54, 1.807) is 6.07 Å². The highest BCUT2D eigenvalue weighted by Crippen LogP contribution is 2.24. The van der Waals surface area contributed by atoms with Crippen LogP contribution in [0, 0.1) is 12.7 Å². The van der Waals surface area contributed by atoms with E-state index in [2.05, 4.69) is 5.43 Å². The number of benzene rings is 2. The maximum Gasteiger partial charge on any atom is 0.165 e. The Balaban J connectivity index is 2.23. The first-order valence-electron chi connectivity index (χ1n) is 6.49. The molecular weight excluding hydrogens is 255 g/mol.